The van der Waals surface area contributed by atoms with Crippen LogP contribution in [0, 0.1) is 13.8 Å². The molecule has 9 heteroatoms. The quantitative estimate of drug-likeness (QED) is 0.426. The number of aromatic amines is 2. The molecule has 1 aliphatic heterocycles. The number of H-pyrrole nitrogens is 2. The summed E-state index contributed by atoms with van der Waals surface area (Å²) in [5.41, 5.74) is 6.99. The number of ether oxygens (including phenoxy) is 1. The van der Waals surface area contributed by atoms with Crippen molar-refractivity contribution in [1.82, 2.24) is 30.1 Å². The lowest BCUT2D eigenvalue weighted by Gasteiger charge is -2.34. The van der Waals surface area contributed by atoms with Gasteiger partial charge in [0, 0.05) is 52.1 Å². The van der Waals surface area contributed by atoms with Crippen LogP contribution in [0.2, 0.25) is 0 Å². The zero-order valence-electron chi connectivity index (χ0n) is 18.1. The molecule has 0 aliphatic carbocycles. The molecule has 0 unspecified atom stereocenters. The molecule has 8 nitrogen and oxygen atoms in total. The first-order valence-electron chi connectivity index (χ1n) is 10.7. The molecule has 32 heavy (non-hydrogen) atoms. The number of aryl methyl sites for hydroxylation is 2. The fraction of sp³-hybridized carbons (Fsp3) is 0.304. The SMILES string of the molecule is Cc1n[nH]c(C)c1-c1csc2c(N3CCOC[C@H]3C)nc(-c3ccnc4[nH]ccc34)nc12. The van der Waals surface area contributed by atoms with Crippen LogP contribution in [0.4, 0.5) is 5.82 Å². The van der Waals surface area contributed by atoms with Crippen molar-refractivity contribution in [2.24, 2.45) is 0 Å². The largest absolute Gasteiger partial charge is 0.377 e. The zero-order chi connectivity index (χ0) is 21.8. The second-order valence-corrected chi connectivity index (χ2v) is 9.10. The molecule has 2 N–H and O–H groups in total. The summed E-state index contributed by atoms with van der Waals surface area (Å²) in [6.45, 7) is 8.46. The van der Waals surface area contributed by atoms with Gasteiger partial charge in [0.05, 0.1) is 35.2 Å². The van der Waals surface area contributed by atoms with E-state index in [1.807, 2.05) is 25.3 Å². The predicted octanol–water partition coefficient (Wildman–Crippen LogP) is 4.47. The lowest BCUT2D eigenvalue weighted by atomic mass is 10.1. The molecule has 0 bridgehead atoms. The Kier molecular flexibility index (Phi) is 4.48. The summed E-state index contributed by atoms with van der Waals surface area (Å²) < 4.78 is 6.79. The van der Waals surface area contributed by atoms with Crippen LogP contribution in [0.1, 0.15) is 18.3 Å². The molecule has 0 saturated carbocycles. The third-order valence-corrected chi connectivity index (χ3v) is 7.10. The van der Waals surface area contributed by atoms with E-state index in [2.05, 4.69) is 44.3 Å². The van der Waals surface area contributed by atoms with E-state index in [1.54, 1.807) is 17.5 Å². The molecule has 0 amide bonds. The van der Waals surface area contributed by atoms with Gasteiger partial charge < -0.3 is 14.6 Å². The van der Waals surface area contributed by atoms with Gasteiger partial charge in [-0.05, 0) is 32.9 Å². The fourth-order valence-corrected chi connectivity index (χ4v) is 5.54. The minimum absolute atomic E-state index is 0.238. The highest BCUT2D eigenvalue weighted by Gasteiger charge is 2.26. The number of rotatable bonds is 3. The predicted molar refractivity (Wildman–Crippen MR) is 127 cm³/mol. The summed E-state index contributed by atoms with van der Waals surface area (Å²) in [5, 5.41) is 10.7. The maximum absolute atomic E-state index is 5.70. The van der Waals surface area contributed by atoms with Gasteiger partial charge in [0.1, 0.15) is 5.65 Å². The maximum atomic E-state index is 5.70. The van der Waals surface area contributed by atoms with Gasteiger partial charge in [-0.1, -0.05) is 0 Å². The smallest absolute Gasteiger partial charge is 0.163 e. The number of morpholine rings is 1. The van der Waals surface area contributed by atoms with E-state index in [0.29, 0.717) is 19.0 Å². The first kappa shape index (κ1) is 19.4. The molecule has 1 fully saturated rings. The molecule has 5 aromatic rings. The van der Waals surface area contributed by atoms with Crippen molar-refractivity contribution in [3.05, 3.63) is 41.3 Å². The number of nitrogens with zero attached hydrogens (tertiary/aromatic N) is 5. The molecular weight excluding hydrogens is 422 g/mol. The van der Waals surface area contributed by atoms with Crippen LogP contribution in [0.5, 0.6) is 0 Å². The number of hydrogen-bond acceptors (Lipinski definition) is 7. The van der Waals surface area contributed by atoms with Gasteiger partial charge in [0.25, 0.3) is 0 Å². The lowest BCUT2D eigenvalue weighted by Crippen LogP contribution is -2.44. The van der Waals surface area contributed by atoms with Gasteiger partial charge in [-0.2, -0.15) is 5.10 Å². The molecule has 0 aromatic carbocycles. The van der Waals surface area contributed by atoms with Crippen LogP contribution >= 0.6 is 11.3 Å². The van der Waals surface area contributed by atoms with Crippen molar-refractivity contribution in [2.45, 2.75) is 26.8 Å². The number of nitrogens with one attached hydrogen (secondary N) is 2. The Bertz CT molecular complexity index is 1430. The standard InChI is InChI=1S/C23H23N7OS/c1-12-10-31-9-8-30(12)23-20-19(17(11-32-20)18-13(2)28-29-14(18)3)26-22(27-23)16-5-7-25-21-15(16)4-6-24-21/h4-7,11-12H,8-10H2,1-3H3,(H,24,25)(H,28,29)/t12-/m1/s1. The van der Waals surface area contributed by atoms with Gasteiger partial charge >= 0.3 is 0 Å². The van der Waals surface area contributed by atoms with Gasteiger partial charge in [0.2, 0.25) is 0 Å². The van der Waals surface area contributed by atoms with Crippen molar-refractivity contribution in [3.63, 3.8) is 0 Å². The molecule has 1 saturated heterocycles. The highest BCUT2D eigenvalue weighted by molar-refractivity contribution is 7.18. The van der Waals surface area contributed by atoms with Crippen molar-refractivity contribution < 1.29 is 4.74 Å². The van der Waals surface area contributed by atoms with E-state index < -0.39 is 0 Å². The number of thiophene rings is 1. The highest BCUT2D eigenvalue weighted by atomic mass is 32.1. The fourth-order valence-electron chi connectivity index (χ4n) is 4.54. The second-order valence-electron chi connectivity index (χ2n) is 8.22. The molecular formula is C23H23N7OS. The van der Waals surface area contributed by atoms with Crippen molar-refractivity contribution in [3.8, 4) is 22.5 Å². The van der Waals surface area contributed by atoms with Crippen molar-refractivity contribution in [1.29, 1.82) is 0 Å². The minimum atomic E-state index is 0.238. The van der Waals surface area contributed by atoms with Gasteiger partial charge in [-0.25, -0.2) is 15.0 Å². The molecule has 1 aliphatic rings. The van der Waals surface area contributed by atoms with Crippen LogP contribution in [0.15, 0.2) is 29.9 Å². The summed E-state index contributed by atoms with van der Waals surface area (Å²) in [7, 11) is 0. The Balaban J connectivity index is 1.65. The van der Waals surface area contributed by atoms with Crippen LogP contribution in [-0.4, -0.2) is 55.9 Å². The normalized spacial score (nSPS) is 17.0. The average molecular weight is 446 g/mol. The van der Waals surface area contributed by atoms with E-state index in [-0.39, 0.29) is 6.04 Å². The number of aromatic nitrogens is 6. The first-order valence-corrected chi connectivity index (χ1v) is 11.6. The summed E-state index contributed by atoms with van der Waals surface area (Å²) in [6.07, 6.45) is 3.70. The van der Waals surface area contributed by atoms with E-state index in [9.17, 15) is 0 Å². The summed E-state index contributed by atoms with van der Waals surface area (Å²) in [4.78, 5) is 20.2. The van der Waals surface area contributed by atoms with Gasteiger partial charge in [-0.15, -0.1) is 11.3 Å². The number of hydrogen-bond donors (Lipinski definition) is 2. The Morgan fingerprint density at radius 2 is 2.09 bits per heavy atom. The van der Waals surface area contributed by atoms with E-state index in [1.165, 1.54) is 0 Å². The third-order valence-electron chi connectivity index (χ3n) is 6.14. The molecule has 1 atom stereocenters. The number of fused-ring (bicyclic) bond motifs is 2. The van der Waals surface area contributed by atoms with Gasteiger partial charge in [-0.3, -0.25) is 5.10 Å². The molecule has 0 spiro atoms. The number of anilines is 1. The molecule has 6 rings (SSSR count). The average Bonchev–Trinajstić information content (AvgIpc) is 3.52. The second kappa shape index (κ2) is 7.39. The van der Waals surface area contributed by atoms with Crippen LogP contribution < -0.4 is 4.90 Å². The summed E-state index contributed by atoms with van der Waals surface area (Å²) in [6, 6.07) is 4.26. The first-order chi connectivity index (χ1) is 15.6. The third kappa shape index (κ3) is 2.92. The van der Waals surface area contributed by atoms with E-state index in [4.69, 9.17) is 14.7 Å². The van der Waals surface area contributed by atoms with Crippen LogP contribution in [0.25, 0.3) is 43.8 Å². The van der Waals surface area contributed by atoms with E-state index >= 15 is 0 Å². The lowest BCUT2D eigenvalue weighted by molar-refractivity contribution is 0.0987. The Morgan fingerprint density at radius 1 is 1.19 bits per heavy atom. The Hall–Kier alpha value is -3.30. The summed E-state index contributed by atoms with van der Waals surface area (Å²) >= 11 is 1.69. The monoisotopic (exact) mass is 445 g/mol. The highest BCUT2D eigenvalue weighted by Crippen LogP contribution is 2.41. The topological polar surface area (TPSA) is 95.6 Å². The zero-order valence-corrected chi connectivity index (χ0v) is 19.0. The summed E-state index contributed by atoms with van der Waals surface area (Å²) in [5.74, 6) is 1.67. The molecule has 162 valence electrons. The van der Waals surface area contributed by atoms with Gasteiger partial charge in [0.15, 0.2) is 11.6 Å². The van der Waals surface area contributed by atoms with Crippen molar-refractivity contribution >= 4 is 38.4 Å². The molecule has 6 heterocycles. The Morgan fingerprint density at radius 3 is 2.91 bits per heavy atom. The molecule has 0 radical (unpaired) electrons. The molecule has 5 aromatic heterocycles. The van der Waals surface area contributed by atoms with Crippen LogP contribution in [-0.2, 0) is 4.74 Å². The van der Waals surface area contributed by atoms with E-state index in [0.717, 1.165) is 61.7 Å². The maximum Gasteiger partial charge on any atom is 0.163 e. The minimum Gasteiger partial charge on any atom is -0.377 e. The van der Waals surface area contributed by atoms with Crippen LogP contribution in [0.3, 0.4) is 0 Å². The Labute approximate surface area is 188 Å². The number of pyridine rings is 1. The van der Waals surface area contributed by atoms with Crippen molar-refractivity contribution in [2.75, 3.05) is 24.7 Å².